The van der Waals surface area contributed by atoms with Gasteiger partial charge in [0.15, 0.2) is 0 Å². The highest BCUT2D eigenvalue weighted by molar-refractivity contribution is 7.89. The first-order valence-electron chi connectivity index (χ1n) is 5.73. The Morgan fingerprint density at radius 1 is 1.35 bits per heavy atom. The molecule has 1 aromatic heterocycles. The fourth-order valence-corrected chi connectivity index (χ4v) is 2.41. The lowest BCUT2D eigenvalue weighted by molar-refractivity contribution is -0.128. The van der Waals surface area contributed by atoms with Gasteiger partial charge >= 0.3 is 0 Å². The quantitative estimate of drug-likeness (QED) is 0.383. The van der Waals surface area contributed by atoms with E-state index in [0.29, 0.717) is 0 Å². The summed E-state index contributed by atoms with van der Waals surface area (Å²) in [7, 11) is -2.29. The number of hydrogen-bond donors (Lipinski definition) is 4. The predicted octanol–water partition coefficient (Wildman–Crippen LogP) is -1.19. The lowest BCUT2D eigenvalue weighted by Gasteiger charge is -2.22. The highest BCUT2D eigenvalue weighted by atomic mass is 32.2. The van der Waals surface area contributed by atoms with Crippen LogP contribution in [-0.4, -0.2) is 37.9 Å². The molecule has 0 aliphatic heterocycles. The number of carbonyl (C=O) groups is 1. The van der Waals surface area contributed by atoms with E-state index in [2.05, 4.69) is 25.4 Å². The second-order valence-corrected chi connectivity index (χ2v) is 6.44. The lowest BCUT2D eigenvalue weighted by Crippen LogP contribution is -2.43. The van der Waals surface area contributed by atoms with Crippen LogP contribution in [0, 0.1) is 5.41 Å². The van der Waals surface area contributed by atoms with Crippen LogP contribution in [0.25, 0.3) is 0 Å². The van der Waals surface area contributed by atoms with E-state index in [-0.39, 0.29) is 23.3 Å². The zero-order valence-electron chi connectivity index (χ0n) is 11.5. The summed E-state index contributed by atoms with van der Waals surface area (Å²) < 4.78 is 26.4. The Hall–Kier alpha value is -1.78. The van der Waals surface area contributed by atoms with Crippen LogP contribution in [0.2, 0.25) is 0 Å². The molecular weight excluding hydrogens is 284 g/mol. The van der Waals surface area contributed by atoms with Crippen LogP contribution in [0.4, 0.5) is 5.95 Å². The van der Waals surface area contributed by atoms with Crippen LogP contribution in [0.5, 0.6) is 0 Å². The average Bonchev–Trinajstić information content (AvgIpc) is 2.44. The summed E-state index contributed by atoms with van der Waals surface area (Å²) in [5.41, 5.74) is 1.32. The van der Waals surface area contributed by atoms with Gasteiger partial charge in [-0.05, 0) is 13.8 Å². The summed E-state index contributed by atoms with van der Waals surface area (Å²) in [6.45, 7) is 3.21. The summed E-state index contributed by atoms with van der Waals surface area (Å²) >= 11 is 0. The number of hydrogen-bond acceptors (Lipinski definition) is 7. The molecule has 112 valence electrons. The molecule has 0 spiro atoms. The van der Waals surface area contributed by atoms with Crippen LogP contribution in [0.15, 0.2) is 17.3 Å². The first-order chi connectivity index (χ1) is 9.23. The number of amides is 1. The fraction of sp³-hybridized carbons (Fsp3) is 0.500. The number of nitrogens with two attached hydrogens (primary N) is 1. The molecule has 0 fully saturated rings. The molecule has 1 heterocycles. The molecule has 0 saturated heterocycles. The molecule has 1 amide bonds. The second-order valence-electron chi connectivity index (χ2n) is 4.67. The highest BCUT2D eigenvalue weighted by Gasteiger charge is 2.29. The first kappa shape index (κ1) is 16.3. The number of carbonyl (C=O) groups excluding carboxylic acids is 1. The summed E-state index contributed by atoms with van der Waals surface area (Å²) in [5.74, 6) is 4.93. The summed E-state index contributed by atoms with van der Waals surface area (Å²) in [5, 5.41) is 2.48. The normalized spacial score (nSPS) is 12.0. The van der Waals surface area contributed by atoms with Crippen molar-refractivity contribution >= 4 is 21.9 Å². The van der Waals surface area contributed by atoms with Crippen molar-refractivity contribution in [3.05, 3.63) is 12.4 Å². The van der Waals surface area contributed by atoms with Crippen molar-refractivity contribution in [3.63, 3.8) is 0 Å². The van der Waals surface area contributed by atoms with E-state index in [4.69, 9.17) is 5.84 Å². The Kier molecular flexibility index (Phi) is 4.98. The average molecular weight is 302 g/mol. The Morgan fingerprint density at radius 2 is 1.90 bits per heavy atom. The molecule has 10 heteroatoms. The van der Waals surface area contributed by atoms with Crippen LogP contribution in [0.1, 0.15) is 13.8 Å². The van der Waals surface area contributed by atoms with Crippen LogP contribution in [0.3, 0.4) is 0 Å². The Morgan fingerprint density at radius 3 is 2.35 bits per heavy atom. The molecule has 0 aliphatic carbocycles. The fourth-order valence-electron chi connectivity index (χ4n) is 1.31. The number of rotatable bonds is 6. The monoisotopic (exact) mass is 302 g/mol. The molecule has 20 heavy (non-hydrogen) atoms. The van der Waals surface area contributed by atoms with Crippen molar-refractivity contribution in [1.82, 2.24) is 20.0 Å². The summed E-state index contributed by atoms with van der Waals surface area (Å²) in [4.78, 5) is 18.9. The predicted molar refractivity (Wildman–Crippen MR) is 72.9 cm³/mol. The molecule has 9 nitrogen and oxygen atoms in total. The van der Waals surface area contributed by atoms with Crippen molar-refractivity contribution in [2.45, 2.75) is 18.7 Å². The molecule has 0 aromatic carbocycles. The highest BCUT2D eigenvalue weighted by Crippen LogP contribution is 2.15. The van der Waals surface area contributed by atoms with Gasteiger partial charge in [0.25, 0.3) is 0 Å². The molecule has 5 N–H and O–H groups in total. The maximum absolute atomic E-state index is 12.0. The van der Waals surface area contributed by atoms with Crippen LogP contribution >= 0.6 is 0 Å². The largest absolute Gasteiger partial charge is 0.359 e. The molecule has 0 unspecified atom stereocenters. The zero-order chi connectivity index (χ0) is 15.4. The van der Waals surface area contributed by atoms with Crippen molar-refractivity contribution in [2.75, 3.05) is 19.0 Å². The number of hydrazine groups is 1. The number of anilines is 1. The molecule has 0 saturated carbocycles. The van der Waals surface area contributed by atoms with Gasteiger partial charge < -0.3 is 5.32 Å². The molecule has 1 rings (SSSR count). The van der Waals surface area contributed by atoms with Gasteiger partial charge in [-0.2, -0.15) is 0 Å². The molecule has 0 bridgehead atoms. The summed E-state index contributed by atoms with van der Waals surface area (Å²) in [6.07, 6.45) is 2.24. The molecular formula is C10H18N6O3S. The van der Waals surface area contributed by atoms with Crippen LogP contribution in [-0.2, 0) is 14.8 Å². The number of sulfonamides is 1. The van der Waals surface area contributed by atoms with Gasteiger partial charge in [0.1, 0.15) is 4.90 Å². The van der Waals surface area contributed by atoms with Crippen molar-refractivity contribution in [3.8, 4) is 0 Å². The van der Waals surface area contributed by atoms with Crippen molar-refractivity contribution in [2.24, 2.45) is 11.3 Å². The minimum absolute atomic E-state index is 0.0497. The SMILES string of the molecule is CNC(=O)C(C)(C)CNS(=O)(=O)c1cnc(NN)nc1. The van der Waals surface area contributed by atoms with E-state index in [9.17, 15) is 13.2 Å². The zero-order valence-corrected chi connectivity index (χ0v) is 12.3. The maximum atomic E-state index is 12.0. The maximum Gasteiger partial charge on any atom is 0.243 e. The Bertz CT molecular complexity index is 569. The van der Waals surface area contributed by atoms with Gasteiger partial charge in [-0.1, -0.05) is 0 Å². The van der Waals surface area contributed by atoms with Gasteiger partial charge in [-0.25, -0.2) is 29.0 Å². The van der Waals surface area contributed by atoms with E-state index >= 15 is 0 Å². The van der Waals surface area contributed by atoms with E-state index in [1.54, 1.807) is 13.8 Å². The third kappa shape index (κ3) is 3.85. The second kappa shape index (κ2) is 6.11. The van der Waals surface area contributed by atoms with E-state index in [1.165, 1.54) is 7.05 Å². The first-order valence-corrected chi connectivity index (χ1v) is 7.22. The van der Waals surface area contributed by atoms with Gasteiger partial charge in [-0.3, -0.25) is 10.2 Å². The molecule has 1 aromatic rings. The van der Waals surface area contributed by atoms with Gasteiger partial charge in [-0.15, -0.1) is 0 Å². The molecule has 0 atom stereocenters. The Labute approximate surface area is 117 Å². The standard InChI is InChI=1S/C10H18N6O3S/c1-10(2,8(17)12-3)6-15-20(18,19)7-4-13-9(16-11)14-5-7/h4-5,15H,6,11H2,1-3H3,(H,12,17)(H,13,14,16). The van der Waals surface area contributed by atoms with Gasteiger partial charge in [0.2, 0.25) is 21.9 Å². The van der Waals surface area contributed by atoms with Gasteiger partial charge in [0, 0.05) is 13.6 Å². The topological polar surface area (TPSA) is 139 Å². The number of nitrogen functional groups attached to an aromatic ring is 1. The van der Waals surface area contributed by atoms with Crippen LogP contribution < -0.4 is 21.3 Å². The third-order valence-corrected chi connectivity index (χ3v) is 3.97. The third-order valence-electron chi connectivity index (χ3n) is 2.61. The van der Waals surface area contributed by atoms with E-state index in [0.717, 1.165) is 12.4 Å². The smallest absolute Gasteiger partial charge is 0.243 e. The Balaban J connectivity index is 2.82. The number of nitrogens with one attached hydrogen (secondary N) is 3. The summed E-state index contributed by atoms with van der Waals surface area (Å²) in [6, 6.07) is 0. The molecule has 0 aliphatic rings. The number of aromatic nitrogens is 2. The van der Waals surface area contributed by atoms with Gasteiger partial charge in [0.05, 0.1) is 17.8 Å². The van der Waals surface area contributed by atoms with Crippen molar-refractivity contribution < 1.29 is 13.2 Å². The van der Waals surface area contributed by atoms with E-state index < -0.39 is 15.4 Å². The lowest BCUT2D eigenvalue weighted by atomic mass is 9.93. The van der Waals surface area contributed by atoms with Crippen molar-refractivity contribution in [1.29, 1.82) is 0 Å². The molecule has 0 radical (unpaired) electrons. The minimum Gasteiger partial charge on any atom is -0.359 e. The number of nitrogens with zero attached hydrogens (tertiary/aromatic N) is 2. The minimum atomic E-state index is -3.78. The van der Waals surface area contributed by atoms with E-state index in [1.807, 2.05) is 0 Å².